The van der Waals surface area contributed by atoms with E-state index in [1.54, 1.807) is 42.2 Å². The summed E-state index contributed by atoms with van der Waals surface area (Å²) in [5, 5.41) is 0. The topological polar surface area (TPSA) is 94.3 Å². The molecule has 1 aromatic carbocycles. The van der Waals surface area contributed by atoms with Crippen LogP contribution < -0.4 is 15.2 Å². The quantitative estimate of drug-likeness (QED) is 0.788. The van der Waals surface area contributed by atoms with Crippen LogP contribution in [0.25, 0.3) is 0 Å². The van der Waals surface area contributed by atoms with Crippen molar-refractivity contribution in [3.05, 3.63) is 23.8 Å². The van der Waals surface area contributed by atoms with E-state index in [4.69, 9.17) is 19.9 Å². The molecule has 2 fully saturated rings. The summed E-state index contributed by atoms with van der Waals surface area (Å²) in [6.45, 7) is 2.92. The first-order chi connectivity index (χ1) is 13.0. The number of benzene rings is 1. The van der Waals surface area contributed by atoms with Crippen LogP contribution in [0.4, 0.5) is 0 Å². The van der Waals surface area contributed by atoms with Gasteiger partial charge in [0.05, 0.1) is 19.8 Å². The molecule has 2 amide bonds. The van der Waals surface area contributed by atoms with Crippen molar-refractivity contribution in [1.29, 1.82) is 0 Å². The second-order valence-electron chi connectivity index (χ2n) is 6.95. The largest absolute Gasteiger partial charge is 0.497 e. The van der Waals surface area contributed by atoms with E-state index >= 15 is 0 Å². The Balaban J connectivity index is 0.00000280. The van der Waals surface area contributed by atoms with Gasteiger partial charge in [-0.3, -0.25) is 9.59 Å². The summed E-state index contributed by atoms with van der Waals surface area (Å²) in [7, 11) is 3.10. The van der Waals surface area contributed by atoms with Gasteiger partial charge < -0.3 is 29.7 Å². The Labute approximate surface area is 171 Å². The van der Waals surface area contributed by atoms with E-state index in [9.17, 15) is 9.59 Å². The van der Waals surface area contributed by atoms with E-state index in [-0.39, 0.29) is 24.2 Å². The summed E-state index contributed by atoms with van der Waals surface area (Å²) in [6.07, 6.45) is 1.07. The number of amides is 2. The van der Waals surface area contributed by atoms with Crippen LogP contribution in [0.3, 0.4) is 0 Å². The molecule has 156 valence electrons. The Morgan fingerprint density at radius 1 is 0.964 bits per heavy atom. The van der Waals surface area contributed by atoms with Crippen molar-refractivity contribution < 1.29 is 23.8 Å². The van der Waals surface area contributed by atoms with Crippen LogP contribution in [0.1, 0.15) is 23.2 Å². The lowest BCUT2D eigenvalue weighted by Gasteiger charge is -2.41. The van der Waals surface area contributed by atoms with Crippen LogP contribution in [0.5, 0.6) is 11.5 Å². The normalized spacial score (nSPS) is 18.8. The summed E-state index contributed by atoms with van der Waals surface area (Å²) >= 11 is 0. The third kappa shape index (κ3) is 4.68. The lowest BCUT2D eigenvalue weighted by atomic mass is 9.89. The van der Waals surface area contributed by atoms with Crippen LogP contribution in [0.15, 0.2) is 18.2 Å². The molecule has 0 atom stereocenters. The number of halogens is 1. The van der Waals surface area contributed by atoms with Crippen LogP contribution in [-0.4, -0.2) is 80.8 Å². The third-order valence-electron chi connectivity index (χ3n) is 5.26. The number of ether oxygens (including phenoxy) is 3. The van der Waals surface area contributed by atoms with Crippen molar-refractivity contribution >= 4 is 24.2 Å². The first-order valence-electron chi connectivity index (χ1n) is 9.15. The SMILES string of the molecule is COc1cc(OC)cc(C(=O)N2CCN(C(=O)C3(N)CCOCC3)CC2)c1.Cl. The zero-order valence-electron chi connectivity index (χ0n) is 16.3. The summed E-state index contributed by atoms with van der Waals surface area (Å²) < 4.78 is 15.8. The first-order valence-corrected chi connectivity index (χ1v) is 9.15. The molecule has 2 aliphatic rings. The Morgan fingerprint density at radius 3 is 1.96 bits per heavy atom. The van der Waals surface area contributed by atoms with E-state index in [0.29, 0.717) is 69.3 Å². The van der Waals surface area contributed by atoms with Crippen molar-refractivity contribution in [3.8, 4) is 11.5 Å². The van der Waals surface area contributed by atoms with E-state index in [1.807, 2.05) is 0 Å². The fraction of sp³-hybridized carbons (Fsp3) is 0.579. The second-order valence-corrected chi connectivity index (χ2v) is 6.95. The number of rotatable bonds is 4. The molecule has 2 N–H and O–H groups in total. The highest BCUT2D eigenvalue weighted by Crippen LogP contribution is 2.25. The van der Waals surface area contributed by atoms with E-state index in [2.05, 4.69) is 0 Å². The number of methoxy groups -OCH3 is 2. The smallest absolute Gasteiger partial charge is 0.254 e. The minimum absolute atomic E-state index is 0. The zero-order chi connectivity index (χ0) is 19.4. The van der Waals surface area contributed by atoms with Gasteiger partial charge in [0.25, 0.3) is 5.91 Å². The van der Waals surface area contributed by atoms with Gasteiger partial charge in [-0.25, -0.2) is 0 Å². The van der Waals surface area contributed by atoms with Crippen molar-refractivity contribution in [2.75, 3.05) is 53.6 Å². The number of piperazine rings is 1. The van der Waals surface area contributed by atoms with Gasteiger partial charge in [0.1, 0.15) is 11.5 Å². The molecule has 8 nitrogen and oxygen atoms in total. The van der Waals surface area contributed by atoms with Crippen LogP contribution in [-0.2, 0) is 9.53 Å². The molecule has 1 aromatic rings. The van der Waals surface area contributed by atoms with E-state index < -0.39 is 5.54 Å². The molecule has 2 heterocycles. The maximum atomic E-state index is 12.8. The summed E-state index contributed by atoms with van der Waals surface area (Å²) in [5.74, 6) is 0.987. The molecular weight excluding hydrogens is 386 g/mol. The van der Waals surface area contributed by atoms with Crippen LogP contribution >= 0.6 is 12.4 Å². The molecule has 9 heteroatoms. The highest BCUT2D eigenvalue weighted by atomic mass is 35.5. The number of hydrogen-bond donors (Lipinski definition) is 1. The molecule has 2 saturated heterocycles. The number of carbonyl (C=O) groups is 2. The minimum atomic E-state index is -0.843. The Bertz CT molecular complexity index is 679. The number of hydrogen-bond acceptors (Lipinski definition) is 6. The maximum Gasteiger partial charge on any atom is 0.254 e. The molecular formula is C19H28ClN3O5. The molecule has 0 aromatic heterocycles. The van der Waals surface area contributed by atoms with Gasteiger partial charge in [0.2, 0.25) is 5.91 Å². The highest BCUT2D eigenvalue weighted by Gasteiger charge is 2.40. The lowest BCUT2D eigenvalue weighted by molar-refractivity contribution is -0.142. The van der Waals surface area contributed by atoms with Gasteiger partial charge in [-0.2, -0.15) is 0 Å². The molecule has 2 aliphatic heterocycles. The molecule has 0 aliphatic carbocycles. The monoisotopic (exact) mass is 413 g/mol. The predicted octanol–water partition coefficient (Wildman–Crippen LogP) is 0.918. The Hall–Kier alpha value is -2.03. The first kappa shape index (κ1) is 22.3. The summed E-state index contributed by atoms with van der Waals surface area (Å²) in [6, 6.07) is 5.11. The van der Waals surface area contributed by atoms with E-state index in [1.165, 1.54) is 0 Å². The minimum Gasteiger partial charge on any atom is -0.497 e. The standard InChI is InChI=1S/C19H27N3O5.ClH/c1-25-15-11-14(12-16(13-15)26-2)17(23)21-5-7-22(8-6-21)18(24)19(20)3-9-27-10-4-19;/h11-13H,3-10,20H2,1-2H3;1H. The van der Waals surface area contributed by atoms with Gasteiger partial charge in [-0.15, -0.1) is 12.4 Å². The molecule has 0 radical (unpaired) electrons. The third-order valence-corrected chi connectivity index (χ3v) is 5.26. The van der Waals surface area contributed by atoms with E-state index in [0.717, 1.165) is 0 Å². The Kier molecular flexibility index (Phi) is 7.51. The molecule has 28 heavy (non-hydrogen) atoms. The zero-order valence-corrected chi connectivity index (χ0v) is 17.1. The molecule has 0 unspecified atom stereocenters. The number of nitrogens with zero attached hydrogens (tertiary/aromatic N) is 2. The fourth-order valence-corrected chi connectivity index (χ4v) is 3.49. The fourth-order valence-electron chi connectivity index (χ4n) is 3.49. The second kappa shape index (κ2) is 9.45. The average molecular weight is 414 g/mol. The molecule has 0 saturated carbocycles. The van der Waals surface area contributed by atoms with Crippen molar-refractivity contribution in [3.63, 3.8) is 0 Å². The molecule has 0 spiro atoms. The lowest BCUT2D eigenvalue weighted by Crippen LogP contribution is -2.61. The number of nitrogens with two attached hydrogens (primary N) is 1. The van der Waals surface area contributed by atoms with Gasteiger partial charge in [-0.1, -0.05) is 0 Å². The maximum absolute atomic E-state index is 12.8. The van der Waals surface area contributed by atoms with Gasteiger partial charge >= 0.3 is 0 Å². The number of carbonyl (C=O) groups excluding carboxylic acids is 2. The average Bonchev–Trinajstić information content (AvgIpc) is 2.72. The van der Waals surface area contributed by atoms with Gasteiger partial charge in [0, 0.05) is 51.0 Å². The summed E-state index contributed by atoms with van der Waals surface area (Å²) in [5.41, 5.74) is 5.97. The Morgan fingerprint density at radius 2 is 1.46 bits per heavy atom. The summed E-state index contributed by atoms with van der Waals surface area (Å²) in [4.78, 5) is 29.2. The van der Waals surface area contributed by atoms with Crippen molar-refractivity contribution in [2.45, 2.75) is 18.4 Å². The van der Waals surface area contributed by atoms with Crippen molar-refractivity contribution in [2.24, 2.45) is 5.73 Å². The van der Waals surface area contributed by atoms with Gasteiger partial charge in [-0.05, 0) is 25.0 Å². The van der Waals surface area contributed by atoms with Crippen LogP contribution in [0, 0.1) is 0 Å². The molecule has 0 bridgehead atoms. The van der Waals surface area contributed by atoms with Crippen molar-refractivity contribution in [1.82, 2.24) is 9.80 Å². The predicted molar refractivity (Wildman–Crippen MR) is 106 cm³/mol. The molecule has 3 rings (SSSR count). The van der Waals surface area contributed by atoms with Gasteiger partial charge in [0.15, 0.2) is 0 Å². The van der Waals surface area contributed by atoms with Crippen LogP contribution in [0.2, 0.25) is 0 Å². The highest BCUT2D eigenvalue weighted by molar-refractivity contribution is 5.95.